The second kappa shape index (κ2) is 4.23. The number of hydrogen-bond donors (Lipinski definition) is 2. The van der Waals surface area contributed by atoms with Crippen LogP contribution in [0.3, 0.4) is 0 Å². The molecule has 1 aromatic rings. The standard InChI is InChI=1S/C9H16N4O/c1-6-4-5-13(12-6)7(2)8(11-3)9(10)14/h4-5,7-8,11H,1-3H3,(H2,10,14). The SMILES string of the molecule is CNC(C(N)=O)C(C)n1ccc(C)n1. The Bertz CT molecular complexity index is 320. The number of nitrogens with zero attached hydrogens (tertiary/aromatic N) is 2. The third-order valence-corrected chi connectivity index (χ3v) is 2.26. The lowest BCUT2D eigenvalue weighted by atomic mass is 10.1. The number of likely N-dealkylation sites (N-methyl/N-ethyl adjacent to an activating group) is 1. The van der Waals surface area contributed by atoms with Gasteiger partial charge >= 0.3 is 0 Å². The first-order valence-electron chi connectivity index (χ1n) is 4.54. The van der Waals surface area contributed by atoms with Crippen molar-refractivity contribution in [1.29, 1.82) is 0 Å². The van der Waals surface area contributed by atoms with Crippen LogP contribution in [0.1, 0.15) is 18.7 Å². The van der Waals surface area contributed by atoms with Crippen LogP contribution < -0.4 is 11.1 Å². The quantitative estimate of drug-likeness (QED) is 0.702. The molecule has 1 aromatic heterocycles. The monoisotopic (exact) mass is 196 g/mol. The number of nitrogens with one attached hydrogen (secondary N) is 1. The molecular weight excluding hydrogens is 180 g/mol. The Hall–Kier alpha value is -1.36. The Labute approximate surface area is 83.3 Å². The summed E-state index contributed by atoms with van der Waals surface area (Å²) in [6, 6.07) is 1.42. The summed E-state index contributed by atoms with van der Waals surface area (Å²) in [5.74, 6) is -0.367. The first-order valence-corrected chi connectivity index (χ1v) is 4.54. The van der Waals surface area contributed by atoms with E-state index in [9.17, 15) is 4.79 Å². The molecule has 2 atom stereocenters. The zero-order valence-electron chi connectivity index (χ0n) is 8.69. The molecule has 0 aliphatic carbocycles. The average Bonchev–Trinajstić information content (AvgIpc) is 2.52. The lowest BCUT2D eigenvalue weighted by Gasteiger charge is -2.20. The lowest BCUT2D eigenvalue weighted by Crippen LogP contribution is -2.44. The zero-order valence-corrected chi connectivity index (χ0v) is 8.69. The molecule has 0 spiro atoms. The molecule has 5 heteroatoms. The molecule has 78 valence electrons. The van der Waals surface area contributed by atoms with Gasteiger partial charge in [-0.15, -0.1) is 0 Å². The molecule has 0 aliphatic heterocycles. The molecule has 1 amide bonds. The summed E-state index contributed by atoms with van der Waals surface area (Å²) < 4.78 is 1.74. The van der Waals surface area contributed by atoms with Crippen molar-refractivity contribution in [1.82, 2.24) is 15.1 Å². The summed E-state index contributed by atoms with van der Waals surface area (Å²) in [6.45, 7) is 3.81. The normalized spacial score (nSPS) is 15.1. The summed E-state index contributed by atoms with van der Waals surface area (Å²) in [5.41, 5.74) is 6.18. The van der Waals surface area contributed by atoms with Crippen LogP contribution in [-0.2, 0) is 4.79 Å². The number of carbonyl (C=O) groups excluding carboxylic acids is 1. The van der Waals surface area contributed by atoms with Crippen molar-refractivity contribution >= 4 is 5.91 Å². The van der Waals surface area contributed by atoms with Crippen LogP contribution in [0.5, 0.6) is 0 Å². The smallest absolute Gasteiger partial charge is 0.236 e. The van der Waals surface area contributed by atoms with E-state index in [0.29, 0.717) is 0 Å². The summed E-state index contributed by atoms with van der Waals surface area (Å²) in [4.78, 5) is 11.1. The van der Waals surface area contributed by atoms with Crippen LogP contribution in [0.4, 0.5) is 0 Å². The van der Waals surface area contributed by atoms with Crippen molar-refractivity contribution in [2.75, 3.05) is 7.05 Å². The molecule has 0 saturated heterocycles. The first kappa shape index (κ1) is 10.7. The van der Waals surface area contributed by atoms with Crippen LogP contribution in [-0.4, -0.2) is 28.8 Å². The fraction of sp³-hybridized carbons (Fsp3) is 0.556. The largest absolute Gasteiger partial charge is 0.368 e. The van der Waals surface area contributed by atoms with Crippen LogP contribution in [0.15, 0.2) is 12.3 Å². The van der Waals surface area contributed by atoms with E-state index in [0.717, 1.165) is 5.69 Å². The first-order chi connectivity index (χ1) is 6.56. The van der Waals surface area contributed by atoms with Gasteiger partial charge in [0.25, 0.3) is 0 Å². The van der Waals surface area contributed by atoms with Gasteiger partial charge in [-0.25, -0.2) is 0 Å². The molecule has 0 fully saturated rings. The van der Waals surface area contributed by atoms with Gasteiger partial charge in [0, 0.05) is 6.20 Å². The highest BCUT2D eigenvalue weighted by molar-refractivity contribution is 5.80. The van der Waals surface area contributed by atoms with Crippen molar-refractivity contribution < 1.29 is 4.79 Å². The summed E-state index contributed by atoms with van der Waals surface area (Å²) in [7, 11) is 1.71. The van der Waals surface area contributed by atoms with Crippen LogP contribution >= 0.6 is 0 Å². The van der Waals surface area contributed by atoms with Crippen molar-refractivity contribution in [2.45, 2.75) is 25.9 Å². The predicted molar refractivity (Wildman–Crippen MR) is 53.7 cm³/mol. The molecular formula is C9H16N4O. The van der Waals surface area contributed by atoms with E-state index < -0.39 is 6.04 Å². The summed E-state index contributed by atoms with van der Waals surface area (Å²) in [5, 5.41) is 7.10. The minimum absolute atomic E-state index is 0.0776. The van der Waals surface area contributed by atoms with Crippen molar-refractivity contribution in [3.05, 3.63) is 18.0 Å². The molecule has 0 aliphatic rings. The number of hydrogen-bond acceptors (Lipinski definition) is 3. The molecule has 0 saturated carbocycles. The molecule has 2 unspecified atom stereocenters. The van der Waals surface area contributed by atoms with Gasteiger partial charge in [-0.2, -0.15) is 5.10 Å². The van der Waals surface area contributed by atoms with E-state index in [1.807, 2.05) is 26.1 Å². The van der Waals surface area contributed by atoms with Crippen LogP contribution in [0, 0.1) is 6.92 Å². The van der Waals surface area contributed by atoms with Gasteiger partial charge in [0.05, 0.1) is 11.7 Å². The number of primary amides is 1. The van der Waals surface area contributed by atoms with Crippen molar-refractivity contribution in [3.8, 4) is 0 Å². The fourth-order valence-electron chi connectivity index (χ4n) is 1.43. The maximum absolute atomic E-state index is 11.1. The highest BCUT2D eigenvalue weighted by atomic mass is 16.1. The second-order valence-electron chi connectivity index (χ2n) is 3.35. The van der Waals surface area contributed by atoms with Crippen molar-refractivity contribution in [2.24, 2.45) is 5.73 Å². The number of aryl methyl sites for hydroxylation is 1. The molecule has 14 heavy (non-hydrogen) atoms. The van der Waals surface area contributed by atoms with E-state index in [-0.39, 0.29) is 11.9 Å². The van der Waals surface area contributed by atoms with E-state index in [1.165, 1.54) is 0 Å². The molecule has 3 N–H and O–H groups in total. The average molecular weight is 196 g/mol. The Morgan fingerprint density at radius 2 is 2.36 bits per heavy atom. The molecule has 5 nitrogen and oxygen atoms in total. The van der Waals surface area contributed by atoms with Crippen LogP contribution in [0.25, 0.3) is 0 Å². The van der Waals surface area contributed by atoms with Crippen molar-refractivity contribution in [3.63, 3.8) is 0 Å². The second-order valence-corrected chi connectivity index (χ2v) is 3.35. The third-order valence-electron chi connectivity index (χ3n) is 2.26. The van der Waals surface area contributed by atoms with Crippen LogP contribution in [0.2, 0.25) is 0 Å². The Kier molecular flexibility index (Phi) is 3.24. The van der Waals surface area contributed by atoms with Gasteiger partial charge in [-0.3, -0.25) is 9.48 Å². The van der Waals surface area contributed by atoms with E-state index >= 15 is 0 Å². The molecule has 0 radical (unpaired) electrons. The summed E-state index contributed by atoms with van der Waals surface area (Å²) in [6.07, 6.45) is 1.84. The van der Waals surface area contributed by atoms with Gasteiger partial charge in [0.2, 0.25) is 5.91 Å². The van der Waals surface area contributed by atoms with E-state index in [1.54, 1.807) is 11.7 Å². The lowest BCUT2D eigenvalue weighted by molar-refractivity contribution is -0.120. The maximum atomic E-state index is 11.1. The number of carbonyl (C=O) groups is 1. The Balaban J connectivity index is 2.82. The molecule has 1 rings (SSSR count). The highest BCUT2D eigenvalue weighted by Gasteiger charge is 2.22. The van der Waals surface area contributed by atoms with Gasteiger partial charge < -0.3 is 11.1 Å². The van der Waals surface area contributed by atoms with E-state index in [2.05, 4.69) is 10.4 Å². The highest BCUT2D eigenvalue weighted by Crippen LogP contribution is 2.09. The number of rotatable bonds is 4. The minimum atomic E-state index is -0.394. The maximum Gasteiger partial charge on any atom is 0.236 e. The molecule has 0 aromatic carbocycles. The fourth-order valence-corrected chi connectivity index (χ4v) is 1.43. The Morgan fingerprint density at radius 1 is 1.71 bits per heavy atom. The number of aromatic nitrogens is 2. The van der Waals surface area contributed by atoms with Gasteiger partial charge in [-0.05, 0) is 27.0 Å². The number of amides is 1. The van der Waals surface area contributed by atoms with Gasteiger partial charge in [0.15, 0.2) is 0 Å². The van der Waals surface area contributed by atoms with E-state index in [4.69, 9.17) is 5.73 Å². The molecule has 1 heterocycles. The van der Waals surface area contributed by atoms with Gasteiger partial charge in [0.1, 0.15) is 6.04 Å². The topological polar surface area (TPSA) is 72.9 Å². The molecule has 0 bridgehead atoms. The third kappa shape index (κ3) is 2.11. The van der Waals surface area contributed by atoms with Gasteiger partial charge in [-0.1, -0.05) is 0 Å². The number of nitrogens with two attached hydrogens (primary N) is 1. The zero-order chi connectivity index (χ0) is 10.7. The predicted octanol–water partition coefficient (Wildman–Crippen LogP) is -0.174. The Morgan fingerprint density at radius 3 is 2.71 bits per heavy atom. The summed E-state index contributed by atoms with van der Waals surface area (Å²) >= 11 is 0. The minimum Gasteiger partial charge on any atom is -0.368 e.